The molecule has 0 radical (unpaired) electrons. The predicted molar refractivity (Wildman–Crippen MR) is 68.3 cm³/mol. The number of aromatic nitrogens is 2. The van der Waals surface area contributed by atoms with E-state index >= 15 is 0 Å². The van der Waals surface area contributed by atoms with E-state index in [-0.39, 0.29) is 5.54 Å². The van der Waals surface area contributed by atoms with Gasteiger partial charge in [0.25, 0.3) is 5.22 Å². The van der Waals surface area contributed by atoms with Gasteiger partial charge < -0.3 is 9.73 Å². The molecule has 6 heteroatoms. The van der Waals surface area contributed by atoms with E-state index in [1.165, 1.54) is 11.8 Å². The molecule has 1 saturated heterocycles. The maximum Gasteiger partial charge on any atom is 0.276 e. The molecule has 17 heavy (non-hydrogen) atoms. The summed E-state index contributed by atoms with van der Waals surface area (Å²) in [5.41, 5.74) is 0.0737. The van der Waals surface area contributed by atoms with Gasteiger partial charge in [-0.3, -0.25) is 4.90 Å². The first-order chi connectivity index (χ1) is 8.12. The van der Waals surface area contributed by atoms with Crippen molar-refractivity contribution < 1.29 is 4.42 Å². The van der Waals surface area contributed by atoms with Crippen molar-refractivity contribution in [3.05, 3.63) is 5.89 Å². The van der Waals surface area contributed by atoms with Crippen molar-refractivity contribution in [2.24, 2.45) is 0 Å². The van der Waals surface area contributed by atoms with Crippen LogP contribution in [0, 0.1) is 0 Å². The monoisotopic (exact) mass is 256 g/mol. The number of thioether (sulfide) groups is 1. The van der Waals surface area contributed by atoms with Gasteiger partial charge in [-0.25, -0.2) is 0 Å². The molecule has 1 aliphatic heterocycles. The van der Waals surface area contributed by atoms with Gasteiger partial charge in [0, 0.05) is 38.1 Å². The van der Waals surface area contributed by atoms with Crippen molar-refractivity contribution in [3.8, 4) is 0 Å². The van der Waals surface area contributed by atoms with Crippen molar-refractivity contribution in [2.45, 2.75) is 31.0 Å². The molecule has 2 rings (SSSR count). The molecule has 0 atom stereocenters. The van der Waals surface area contributed by atoms with Gasteiger partial charge in [0.1, 0.15) is 0 Å². The molecule has 1 aromatic rings. The van der Waals surface area contributed by atoms with Gasteiger partial charge in [0.2, 0.25) is 5.89 Å². The lowest BCUT2D eigenvalue weighted by Crippen LogP contribution is -2.54. The first-order valence-electron chi connectivity index (χ1n) is 5.94. The van der Waals surface area contributed by atoms with Gasteiger partial charge in [0.05, 0.1) is 0 Å². The van der Waals surface area contributed by atoms with E-state index in [1.54, 1.807) is 0 Å². The van der Waals surface area contributed by atoms with Crippen LogP contribution in [0.4, 0.5) is 0 Å². The van der Waals surface area contributed by atoms with Crippen molar-refractivity contribution in [1.82, 2.24) is 20.4 Å². The number of hydrogen-bond acceptors (Lipinski definition) is 6. The Hall–Kier alpha value is -0.590. The average molecular weight is 256 g/mol. The molecule has 5 nitrogen and oxygen atoms in total. The fraction of sp³-hybridized carbons (Fsp3) is 0.818. The Balaban J connectivity index is 1.99. The maximum atomic E-state index is 5.56. The van der Waals surface area contributed by atoms with Crippen LogP contribution in [0.2, 0.25) is 0 Å². The summed E-state index contributed by atoms with van der Waals surface area (Å²) in [6.07, 6.45) is 2.75. The summed E-state index contributed by atoms with van der Waals surface area (Å²) in [5, 5.41) is 12.1. The van der Waals surface area contributed by atoms with Crippen LogP contribution in [0.3, 0.4) is 0 Å². The average Bonchev–Trinajstić information content (AvgIpc) is 2.77. The molecule has 1 fully saturated rings. The number of piperazine rings is 1. The number of hydrogen-bond donors (Lipinski definition) is 1. The molecular weight excluding hydrogens is 236 g/mol. The van der Waals surface area contributed by atoms with Gasteiger partial charge in [-0.15, -0.1) is 10.2 Å². The first-order valence-corrected chi connectivity index (χ1v) is 7.16. The third-order valence-corrected chi connectivity index (χ3v) is 3.69. The second kappa shape index (κ2) is 5.37. The largest absolute Gasteiger partial charge is 0.416 e. The minimum Gasteiger partial charge on any atom is -0.416 e. The van der Waals surface area contributed by atoms with Crippen LogP contribution in [0.5, 0.6) is 0 Å². The van der Waals surface area contributed by atoms with E-state index < -0.39 is 0 Å². The summed E-state index contributed by atoms with van der Waals surface area (Å²) in [6, 6.07) is 0. The van der Waals surface area contributed by atoms with E-state index in [1.807, 2.05) is 6.26 Å². The molecule has 0 aliphatic carbocycles. The minimum absolute atomic E-state index is 0.0737. The fourth-order valence-corrected chi connectivity index (χ4v) is 2.45. The van der Waals surface area contributed by atoms with Gasteiger partial charge >= 0.3 is 0 Å². The molecule has 1 N–H and O–H groups in total. The van der Waals surface area contributed by atoms with Gasteiger partial charge in [-0.2, -0.15) is 0 Å². The Morgan fingerprint density at radius 2 is 2.06 bits per heavy atom. The summed E-state index contributed by atoms with van der Waals surface area (Å²) >= 11 is 1.49. The zero-order valence-electron chi connectivity index (χ0n) is 10.7. The molecule has 0 bridgehead atoms. The maximum absolute atomic E-state index is 5.56. The van der Waals surface area contributed by atoms with E-state index in [0.29, 0.717) is 5.22 Å². The van der Waals surface area contributed by atoms with Crippen LogP contribution in [0.1, 0.15) is 19.7 Å². The van der Waals surface area contributed by atoms with Crippen LogP contribution < -0.4 is 5.32 Å². The highest BCUT2D eigenvalue weighted by atomic mass is 32.2. The van der Waals surface area contributed by atoms with E-state index in [9.17, 15) is 0 Å². The van der Waals surface area contributed by atoms with E-state index in [0.717, 1.165) is 38.5 Å². The first kappa shape index (κ1) is 12.9. The molecular formula is C11H20N4OS. The lowest BCUT2D eigenvalue weighted by atomic mass is 9.97. The fourth-order valence-electron chi connectivity index (χ4n) is 2.14. The number of nitrogens with one attached hydrogen (secondary N) is 1. The highest BCUT2D eigenvalue weighted by molar-refractivity contribution is 7.98. The Kier molecular flexibility index (Phi) is 4.06. The van der Waals surface area contributed by atoms with Crippen LogP contribution in [-0.2, 0) is 6.42 Å². The van der Waals surface area contributed by atoms with Gasteiger partial charge in [0.15, 0.2) is 0 Å². The normalized spacial score (nSPS) is 18.5. The molecule has 2 heterocycles. The standard InChI is InChI=1S/C11H20N4OS/c1-11(2,15-6-4-12-5-7-15)8-9-13-14-10(16-9)17-3/h12H,4-8H2,1-3H3. The quantitative estimate of drug-likeness (QED) is 0.812. The highest BCUT2D eigenvalue weighted by Gasteiger charge is 2.30. The summed E-state index contributed by atoms with van der Waals surface area (Å²) in [6.45, 7) is 8.75. The smallest absolute Gasteiger partial charge is 0.276 e. The van der Waals surface area contributed by atoms with Gasteiger partial charge in [-0.1, -0.05) is 11.8 Å². The van der Waals surface area contributed by atoms with Crippen LogP contribution in [0.15, 0.2) is 9.64 Å². The minimum atomic E-state index is 0.0737. The zero-order valence-corrected chi connectivity index (χ0v) is 11.5. The summed E-state index contributed by atoms with van der Waals surface area (Å²) in [4.78, 5) is 2.48. The Morgan fingerprint density at radius 3 is 2.65 bits per heavy atom. The molecule has 0 aromatic carbocycles. The third kappa shape index (κ3) is 3.20. The second-order valence-corrected chi connectivity index (χ2v) is 5.65. The Morgan fingerprint density at radius 1 is 1.35 bits per heavy atom. The second-order valence-electron chi connectivity index (χ2n) is 4.89. The van der Waals surface area contributed by atoms with E-state index in [2.05, 4.69) is 34.3 Å². The summed E-state index contributed by atoms with van der Waals surface area (Å²) in [5.74, 6) is 0.734. The Bertz CT molecular complexity index is 360. The molecule has 0 unspecified atom stereocenters. The molecule has 0 amide bonds. The zero-order chi connectivity index (χ0) is 12.3. The van der Waals surface area contributed by atoms with E-state index in [4.69, 9.17) is 4.42 Å². The van der Waals surface area contributed by atoms with Crippen molar-refractivity contribution in [2.75, 3.05) is 32.4 Å². The highest BCUT2D eigenvalue weighted by Crippen LogP contribution is 2.21. The van der Waals surface area contributed by atoms with Crippen LogP contribution in [0.25, 0.3) is 0 Å². The van der Waals surface area contributed by atoms with Crippen molar-refractivity contribution in [3.63, 3.8) is 0 Å². The molecule has 1 aromatic heterocycles. The predicted octanol–water partition coefficient (Wildman–Crippen LogP) is 1.02. The number of rotatable bonds is 4. The summed E-state index contributed by atoms with van der Waals surface area (Å²) in [7, 11) is 0. The SMILES string of the molecule is CSc1nnc(CC(C)(C)N2CCNCC2)o1. The topological polar surface area (TPSA) is 54.2 Å². The molecule has 0 spiro atoms. The lowest BCUT2D eigenvalue weighted by Gasteiger charge is -2.40. The molecule has 96 valence electrons. The van der Waals surface area contributed by atoms with Gasteiger partial charge in [-0.05, 0) is 20.1 Å². The third-order valence-electron chi connectivity index (χ3n) is 3.18. The van der Waals surface area contributed by atoms with Crippen molar-refractivity contribution in [1.29, 1.82) is 0 Å². The lowest BCUT2D eigenvalue weighted by molar-refractivity contribution is 0.0965. The Labute approximate surface area is 106 Å². The van der Waals surface area contributed by atoms with Crippen LogP contribution >= 0.6 is 11.8 Å². The summed E-state index contributed by atoms with van der Waals surface area (Å²) < 4.78 is 5.56. The van der Waals surface area contributed by atoms with Crippen molar-refractivity contribution >= 4 is 11.8 Å². The number of nitrogens with zero attached hydrogens (tertiary/aromatic N) is 3. The van der Waals surface area contributed by atoms with Crippen LogP contribution in [-0.4, -0.2) is 53.1 Å². The molecule has 0 saturated carbocycles. The molecule has 1 aliphatic rings.